The Balaban J connectivity index is 2.21. The summed E-state index contributed by atoms with van der Waals surface area (Å²) in [6.45, 7) is 2.08. The van der Waals surface area contributed by atoms with Crippen molar-refractivity contribution in [2.45, 2.75) is 11.8 Å². The van der Waals surface area contributed by atoms with E-state index in [0.29, 0.717) is 29.1 Å². The van der Waals surface area contributed by atoms with Crippen LogP contribution >= 0.6 is 11.8 Å². The van der Waals surface area contributed by atoms with Crippen LogP contribution in [0.1, 0.15) is 17.3 Å². The number of carbonyl (C=O) groups excluding carboxylic acids is 1. The summed E-state index contributed by atoms with van der Waals surface area (Å²) >= 11 is 1.63. The first-order valence-electron chi connectivity index (χ1n) is 8.22. The van der Waals surface area contributed by atoms with Crippen molar-refractivity contribution in [3.8, 4) is 5.75 Å². The normalized spacial score (nSPS) is 10.6. The number of methoxy groups -OCH3 is 1. The van der Waals surface area contributed by atoms with Crippen LogP contribution in [-0.4, -0.2) is 30.9 Å². The Morgan fingerprint density at radius 1 is 1.19 bits per heavy atom. The Kier molecular flexibility index (Phi) is 5.63. The molecule has 0 aliphatic carbocycles. The van der Waals surface area contributed by atoms with Crippen molar-refractivity contribution in [1.29, 1.82) is 0 Å². The van der Waals surface area contributed by atoms with Gasteiger partial charge >= 0.3 is 5.97 Å². The molecular formula is C20H20N2O3S. The van der Waals surface area contributed by atoms with Gasteiger partial charge in [-0.15, -0.1) is 11.8 Å². The lowest BCUT2D eigenvalue weighted by molar-refractivity contribution is 0.0527. The van der Waals surface area contributed by atoms with Crippen LogP contribution in [0, 0.1) is 0 Å². The third kappa shape index (κ3) is 3.46. The number of benzene rings is 2. The molecule has 134 valence electrons. The second-order valence-electron chi connectivity index (χ2n) is 5.45. The maximum atomic E-state index is 12.5. The van der Waals surface area contributed by atoms with Crippen LogP contribution in [0.3, 0.4) is 0 Å². The standard InChI is InChI=1S/C20H20N2O3S/c1-4-25-20(23)14-12-21-19-13(8-7-10-16(19)24-2)18(14)22-15-9-5-6-11-17(15)26-3/h5-12H,4H2,1-3H3,(H,21,22). The number of aromatic nitrogens is 1. The molecule has 5 nitrogen and oxygen atoms in total. The van der Waals surface area contributed by atoms with E-state index in [9.17, 15) is 4.79 Å². The van der Waals surface area contributed by atoms with Crippen molar-refractivity contribution < 1.29 is 14.3 Å². The maximum Gasteiger partial charge on any atom is 0.341 e. The monoisotopic (exact) mass is 368 g/mol. The molecule has 6 heteroatoms. The third-order valence-corrected chi connectivity index (χ3v) is 4.74. The zero-order valence-corrected chi connectivity index (χ0v) is 15.7. The minimum absolute atomic E-state index is 0.301. The van der Waals surface area contributed by atoms with Gasteiger partial charge in [-0.2, -0.15) is 0 Å². The molecule has 0 unspecified atom stereocenters. The lowest BCUT2D eigenvalue weighted by atomic mass is 10.1. The Bertz CT molecular complexity index is 943. The molecule has 0 spiro atoms. The number of carbonyl (C=O) groups is 1. The van der Waals surface area contributed by atoms with Gasteiger partial charge in [0.1, 0.15) is 16.8 Å². The number of thioether (sulfide) groups is 1. The van der Waals surface area contributed by atoms with Crippen molar-refractivity contribution in [3.05, 3.63) is 54.2 Å². The zero-order valence-electron chi connectivity index (χ0n) is 14.9. The molecule has 0 atom stereocenters. The van der Waals surface area contributed by atoms with Gasteiger partial charge in [0.15, 0.2) is 0 Å². The van der Waals surface area contributed by atoms with E-state index in [1.165, 1.54) is 6.20 Å². The van der Waals surface area contributed by atoms with Crippen LogP contribution in [-0.2, 0) is 4.74 Å². The molecule has 26 heavy (non-hydrogen) atoms. The fraction of sp³-hybridized carbons (Fsp3) is 0.200. The zero-order chi connectivity index (χ0) is 18.5. The second-order valence-corrected chi connectivity index (χ2v) is 6.30. The second kappa shape index (κ2) is 8.10. The molecule has 3 rings (SSSR count). The molecule has 0 radical (unpaired) electrons. The van der Waals surface area contributed by atoms with Crippen LogP contribution in [0.25, 0.3) is 10.9 Å². The summed E-state index contributed by atoms with van der Waals surface area (Å²) in [7, 11) is 1.60. The minimum Gasteiger partial charge on any atom is -0.494 e. The lowest BCUT2D eigenvalue weighted by Gasteiger charge is -2.16. The number of anilines is 2. The van der Waals surface area contributed by atoms with E-state index >= 15 is 0 Å². The van der Waals surface area contributed by atoms with Crippen LogP contribution < -0.4 is 10.1 Å². The molecule has 0 saturated heterocycles. The number of para-hydroxylation sites is 2. The number of hydrogen-bond acceptors (Lipinski definition) is 6. The van der Waals surface area contributed by atoms with Gasteiger partial charge in [-0.3, -0.25) is 4.98 Å². The number of hydrogen-bond donors (Lipinski definition) is 1. The minimum atomic E-state index is -0.408. The quantitative estimate of drug-likeness (QED) is 0.494. The summed E-state index contributed by atoms with van der Waals surface area (Å²) in [4.78, 5) is 18.0. The molecule has 0 amide bonds. The summed E-state index contributed by atoms with van der Waals surface area (Å²) in [6.07, 6.45) is 3.55. The Hall–Kier alpha value is -2.73. The Morgan fingerprint density at radius 2 is 2.00 bits per heavy atom. The van der Waals surface area contributed by atoms with Gasteiger partial charge in [0, 0.05) is 16.5 Å². The average molecular weight is 368 g/mol. The van der Waals surface area contributed by atoms with Crippen molar-refractivity contribution in [3.63, 3.8) is 0 Å². The van der Waals surface area contributed by atoms with Crippen LogP contribution in [0.5, 0.6) is 5.75 Å². The summed E-state index contributed by atoms with van der Waals surface area (Å²) in [6, 6.07) is 13.6. The topological polar surface area (TPSA) is 60.5 Å². The van der Waals surface area contributed by atoms with Gasteiger partial charge in [-0.25, -0.2) is 4.79 Å². The van der Waals surface area contributed by atoms with Gasteiger partial charge in [-0.05, 0) is 31.4 Å². The van der Waals surface area contributed by atoms with Gasteiger partial charge in [0.2, 0.25) is 0 Å². The molecule has 1 heterocycles. The fourth-order valence-electron chi connectivity index (χ4n) is 2.74. The van der Waals surface area contributed by atoms with Crippen molar-refractivity contribution in [1.82, 2.24) is 4.98 Å². The Labute approximate surface area is 156 Å². The molecule has 3 aromatic rings. The van der Waals surface area contributed by atoms with Gasteiger partial charge in [-0.1, -0.05) is 24.3 Å². The van der Waals surface area contributed by atoms with Crippen molar-refractivity contribution in [2.75, 3.05) is 25.3 Å². The number of rotatable bonds is 6. The molecule has 0 fully saturated rings. The first-order valence-corrected chi connectivity index (χ1v) is 9.45. The van der Waals surface area contributed by atoms with Crippen LogP contribution in [0.4, 0.5) is 11.4 Å². The van der Waals surface area contributed by atoms with E-state index in [-0.39, 0.29) is 0 Å². The lowest BCUT2D eigenvalue weighted by Crippen LogP contribution is -2.09. The predicted octanol–water partition coefficient (Wildman–Crippen LogP) is 4.89. The summed E-state index contributed by atoms with van der Waals surface area (Å²) in [5, 5.41) is 4.21. The third-order valence-electron chi connectivity index (χ3n) is 3.94. The molecular weight excluding hydrogens is 348 g/mol. The highest BCUT2D eigenvalue weighted by Gasteiger charge is 2.19. The number of nitrogens with one attached hydrogen (secondary N) is 1. The number of esters is 1. The molecule has 0 aliphatic rings. The van der Waals surface area contributed by atoms with Gasteiger partial charge in [0.25, 0.3) is 0 Å². The smallest absolute Gasteiger partial charge is 0.341 e. The van der Waals surface area contributed by atoms with E-state index in [1.54, 1.807) is 25.8 Å². The first kappa shape index (κ1) is 18.1. The number of pyridine rings is 1. The molecule has 1 N–H and O–H groups in total. The van der Waals surface area contributed by atoms with Gasteiger partial charge in [0.05, 0.1) is 25.1 Å². The number of nitrogens with zero attached hydrogens (tertiary/aromatic N) is 1. The SMILES string of the molecule is CCOC(=O)c1cnc2c(OC)cccc2c1Nc1ccccc1SC. The number of ether oxygens (including phenoxy) is 2. The average Bonchev–Trinajstić information content (AvgIpc) is 2.68. The summed E-state index contributed by atoms with van der Waals surface area (Å²) in [5.74, 6) is 0.243. The highest BCUT2D eigenvalue weighted by molar-refractivity contribution is 7.98. The van der Waals surface area contributed by atoms with Crippen LogP contribution in [0.2, 0.25) is 0 Å². The summed E-state index contributed by atoms with van der Waals surface area (Å²) in [5.41, 5.74) is 2.66. The van der Waals surface area contributed by atoms with Crippen LogP contribution in [0.15, 0.2) is 53.6 Å². The molecule has 0 bridgehead atoms. The highest BCUT2D eigenvalue weighted by Crippen LogP contribution is 2.36. The summed E-state index contributed by atoms with van der Waals surface area (Å²) < 4.78 is 10.6. The van der Waals surface area contributed by atoms with Crippen molar-refractivity contribution >= 4 is 40.0 Å². The molecule has 1 aromatic heterocycles. The van der Waals surface area contributed by atoms with E-state index < -0.39 is 5.97 Å². The van der Waals surface area contributed by atoms with E-state index in [1.807, 2.05) is 48.7 Å². The largest absolute Gasteiger partial charge is 0.494 e. The maximum absolute atomic E-state index is 12.5. The number of fused-ring (bicyclic) bond motifs is 1. The predicted molar refractivity (Wildman–Crippen MR) is 106 cm³/mol. The fourth-order valence-corrected chi connectivity index (χ4v) is 3.30. The Morgan fingerprint density at radius 3 is 2.73 bits per heavy atom. The molecule has 0 saturated carbocycles. The highest BCUT2D eigenvalue weighted by atomic mass is 32.2. The van der Waals surface area contributed by atoms with Gasteiger partial charge < -0.3 is 14.8 Å². The molecule has 2 aromatic carbocycles. The first-order chi connectivity index (χ1) is 12.7. The van der Waals surface area contributed by atoms with E-state index in [4.69, 9.17) is 9.47 Å². The molecule has 0 aliphatic heterocycles. The van der Waals surface area contributed by atoms with E-state index in [0.717, 1.165) is 16.0 Å². The van der Waals surface area contributed by atoms with Crippen molar-refractivity contribution in [2.24, 2.45) is 0 Å². The van der Waals surface area contributed by atoms with E-state index in [2.05, 4.69) is 10.3 Å².